The van der Waals surface area contributed by atoms with Crippen LogP contribution < -0.4 is 9.04 Å². The number of sulfonamides is 1. The molecule has 4 aromatic rings. The maximum absolute atomic E-state index is 14.0. The monoisotopic (exact) mass is 481 g/mol. The maximum atomic E-state index is 14.0. The van der Waals surface area contributed by atoms with Gasteiger partial charge in [-0.2, -0.15) is 9.61 Å². The Hall–Kier alpha value is -3.99. The van der Waals surface area contributed by atoms with E-state index in [1.807, 2.05) is 0 Å². The Morgan fingerprint density at radius 3 is 2.53 bits per heavy atom. The van der Waals surface area contributed by atoms with Crippen molar-refractivity contribution in [3.05, 3.63) is 77.4 Å². The fourth-order valence-electron chi connectivity index (χ4n) is 3.66. The van der Waals surface area contributed by atoms with Crippen molar-refractivity contribution in [2.24, 2.45) is 0 Å². The van der Waals surface area contributed by atoms with Gasteiger partial charge in [0.2, 0.25) is 0 Å². The highest BCUT2D eigenvalue weighted by molar-refractivity contribution is 7.92. The zero-order chi connectivity index (χ0) is 24.5. The summed E-state index contributed by atoms with van der Waals surface area (Å²) in [7, 11) is -2.76. The quantitative estimate of drug-likeness (QED) is 0.407. The van der Waals surface area contributed by atoms with E-state index in [-0.39, 0.29) is 28.5 Å². The molecular weight excluding hydrogens is 458 g/mol. The number of rotatable bonds is 8. The van der Waals surface area contributed by atoms with Gasteiger partial charge in [0.25, 0.3) is 10.0 Å². The molecule has 1 N–H and O–H groups in total. The van der Waals surface area contributed by atoms with Crippen LogP contribution in [0.2, 0.25) is 0 Å². The number of hydrogen-bond donors (Lipinski definition) is 1. The topological polar surface area (TPSA) is 127 Å². The Labute approximate surface area is 196 Å². The van der Waals surface area contributed by atoms with Gasteiger partial charge in [-0.3, -0.25) is 4.98 Å². The maximum Gasteiger partial charge on any atom is 0.341 e. The first-order valence-electron chi connectivity index (χ1n) is 10.4. The Kier molecular flexibility index (Phi) is 6.20. The number of hydrogen-bond acceptors (Lipinski definition) is 7. The second kappa shape index (κ2) is 9.10. The van der Waals surface area contributed by atoms with Crippen LogP contribution >= 0.6 is 0 Å². The summed E-state index contributed by atoms with van der Waals surface area (Å²) in [4.78, 5) is 20.9. The third-order valence-corrected chi connectivity index (χ3v) is 7.01. The third-order valence-electron chi connectivity index (χ3n) is 5.26. The molecular formula is C23H23N5O5S. The summed E-state index contributed by atoms with van der Waals surface area (Å²) in [6.45, 7) is 3.33. The third kappa shape index (κ3) is 4.17. The number of fused-ring (bicyclic) bond motifs is 1. The molecule has 34 heavy (non-hydrogen) atoms. The highest BCUT2D eigenvalue weighted by Gasteiger charge is 2.33. The van der Waals surface area contributed by atoms with E-state index < -0.39 is 16.0 Å². The summed E-state index contributed by atoms with van der Waals surface area (Å²) in [5, 5.41) is 14.5. The van der Waals surface area contributed by atoms with Gasteiger partial charge < -0.3 is 9.84 Å². The first-order chi connectivity index (χ1) is 16.3. The van der Waals surface area contributed by atoms with Crippen LogP contribution in [0.15, 0.2) is 59.8 Å². The number of aromatic nitrogens is 4. The van der Waals surface area contributed by atoms with E-state index in [9.17, 15) is 18.3 Å². The minimum atomic E-state index is -4.24. The van der Waals surface area contributed by atoms with Crippen LogP contribution in [0.25, 0.3) is 5.65 Å². The van der Waals surface area contributed by atoms with Crippen LogP contribution in [0.5, 0.6) is 5.75 Å². The second-order valence-electron chi connectivity index (χ2n) is 7.52. The second-order valence-corrected chi connectivity index (χ2v) is 9.38. The Bertz CT molecular complexity index is 1450. The summed E-state index contributed by atoms with van der Waals surface area (Å²) < 4.78 is 35.4. The largest absolute Gasteiger partial charge is 0.497 e. The van der Waals surface area contributed by atoms with Crippen LogP contribution in [0.3, 0.4) is 0 Å². The lowest BCUT2D eigenvalue weighted by Gasteiger charge is -2.27. The van der Waals surface area contributed by atoms with E-state index in [1.165, 1.54) is 42.1 Å². The molecule has 0 saturated heterocycles. The number of benzene rings is 1. The molecule has 0 aliphatic heterocycles. The molecule has 10 nitrogen and oxygen atoms in total. The molecule has 0 bridgehead atoms. The predicted octanol–water partition coefficient (Wildman–Crippen LogP) is 3.10. The van der Waals surface area contributed by atoms with Crippen molar-refractivity contribution in [3.63, 3.8) is 0 Å². The van der Waals surface area contributed by atoms with Crippen LogP contribution in [0.1, 0.15) is 34.2 Å². The van der Waals surface area contributed by atoms with Crippen molar-refractivity contribution in [3.8, 4) is 5.75 Å². The fourth-order valence-corrected chi connectivity index (χ4v) is 5.11. The molecule has 0 radical (unpaired) electrons. The van der Waals surface area contributed by atoms with Gasteiger partial charge in [-0.15, -0.1) is 0 Å². The molecule has 3 aromatic heterocycles. The molecule has 0 amide bonds. The number of carboxylic acids is 1. The van der Waals surface area contributed by atoms with E-state index in [2.05, 4.69) is 15.1 Å². The van der Waals surface area contributed by atoms with Crippen LogP contribution in [-0.2, 0) is 23.0 Å². The van der Waals surface area contributed by atoms with Crippen molar-refractivity contribution in [2.45, 2.75) is 31.7 Å². The first-order valence-corrected chi connectivity index (χ1v) is 11.9. The predicted molar refractivity (Wildman–Crippen MR) is 125 cm³/mol. The summed E-state index contributed by atoms with van der Waals surface area (Å²) in [5.41, 5.74) is 1.54. The lowest BCUT2D eigenvalue weighted by molar-refractivity contribution is 0.0695. The van der Waals surface area contributed by atoms with Crippen molar-refractivity contribution in [2.75, 3.05) is 11.4 Å². The summed E-state index contributed by atoms with van der Waals surface area (Å²) in [6, 6.07) is 11.0. The molecule has 0 atom stereocenters. The normalized spacial score (nSPS) is 11.5. The van der Waals surface area contributed by atoms with Gasteiger partial charge in [0.05, 0.1) is 29.9 Å². The molecule has 0 unspecified atom stereocenters. The summed E-state index contributed by atoms with van der Waals surface area (Å²) in [6.07, 6.45) is 3.40. The number of nitrogens with zero attached hydrogens (tertiary/aromatic N) is 5. The van der Waals surface area contributed by atoms with Gasteiger partial charge in [-0.1, -0.05) is 13.0 Å². The van der Waals surface area contributed by atoms with Crippen molar-refractivity contribution < 1.29 is 23.1 Å². The Balaban J connectivity index is 2.04. The highest BCUT2D eigenvalue weighted by atomic mass is 32.2. The number of anilines is 1. The molecule has 4 rings (SSSR count). The Morgan fingerprint density at radius 1 is 1.21 bits per heavy atom. The van der Waals surface area contributed by atoms with Gasteiger partial charge >= 0.3 is 5.97 Å². The van der Waals surface area contributed by atoms with Gasteiger partial charge in [0.1, 0.15) is 11.3 Å². The molecule has 3 heterocycles. The average molecular weight is 482 g/mol. The zero-order valence-corrected chi connectivity index (χ0v) is 19.7. The number of ether oxygens (including phenoxy) is 1. The van der Waals surface area contributed by atoms with Crippen molar-refractivity contribution in [1.29, 1.82) is 0 Å². The van der Waals surface area contributed by atoms with E-state index in [4.69, 9.17) is 4.74 Å². The number of carbonyl (C=O) groups is 1. The van der Waals surface area contributed by atoms with Crippen molar-refractivity contribution in [1.82, 2.24) is 19.6 Å². The number of methoxy groups -OCH3 is 1. The molecule has 176 valence electrons. The highest BCUT2D eigenvalue weighted by Crippen LogP contribution is 2.32. The molecule has 11 heteroatoms. The van der Waals surface area contributed by atoms with E-state index >= 15 is 0 Å². The number of pyridine rings is 1. The SMILES string of the molecule is CCc1nc2cc(C)nn2c(N(Cc2cccnc2)S(=O)(=O)c2ccc(OC)cc2)c1C(=O)O. The van der Waals surface area contributed by atoms with E-state index in [0.29, 0.717) is 29.1 Å². The molecule has 0 aliphatic carbocycles. The van der Waals surface area contributed by atoms with Gasteiger partial charge in [-0.25, -0.2) is 22.5 Å². The lowest BCUT2D eigenvalue weighted by Crippen LogP contribution is -2.34. The lowest BCUT2D eigenvalue weighted by atomic mass is 10.1. The number of carboxylic acid groups (broad SMARTS) is 1. The van der Waals surface area contributed by atoms with Crippen LogP contribution in [0, 0.1) is 6.92 Å². The average Bonchev–Trinajstić information content (AvgIpc) is 3.21. The molecule has 0 aliphatic rings. The van der Waals surface area contributed by atoms with E-state index in [1.54, 1.807) is 38.2 Å². The van der Waals surface area contributed by atoms with Gasteiger partial charge in [0, 0.05) is 18.5 Å². The number of aryl methyl sites for hydroxylation is 2. The smallest absolute Gasteiger partial charge is 0.341 e. The standard InChI is InChI=1S/C23H23N5O5S/c1-4-19-21(23(29)30)22(28-20(25-19)12-15(2)26-28)27(14-16-6-5-11-24-13-16)34(31,32)18-9-7-17(33-3)8-10-18/h5-13H,4,14H2,1-3H3,(H,29,30). The molecule has 0 saturated carbocycles. The Morgan fingerprint density at radius 2 is 1.94 bits per heavy atom. The minimum absolute atomic E-state index is 0.0274. The molecule has 1 aromatic carbocycles. The van der Waals surface area contributed by atoms with Gasteiger partial charge in [0.15, 0.2) is 11.5 Å². The summed E-state index contributed by atoms with van der Waals surface area (Å²) >= 11 is 0. The number of aromatic carboxylic acids is 1. The van der Waals surface area contributed by atoms with Gasteiger partial charge in [-0.05, 0) is 49.2 Å². The first kappa shape index (κ1) is 23.2. The molecule has 0 spiro atoms. The summed E-state index contributed by atoms with van der Waals surface area (Å²) in [5.74, 6) is -0.899. The van der Waals surface area contributed by atoms with E-state index in [0.717, 1.165) is 4.31 Å². The van der Waals surface area contributed by atoms with Crippen LogP contribution in [-0.4, -0.2) is 46.2 Å². The minimum Gasteiger partial charge on any atom is -0.497 e. The fraction of sp³-hybridized carbons (Fsp3) is 0.217. The zero-order valence-electron chi connectivity index (χ0n) is 18.8. The van der Waals surface area contributed by atoms with Crippen molar-refractivity contribution >= 4 is 27.5 Å². The molecule has 0 fully saturated rings. The van der Waals surface area contributed by atoms with Crippen LogP contribution in [0.4, 0.5) is 5.82 Å².